The van der Waals surface area contributed by atoms with Crippen molar-refractivity contribution in [2.75, 3.05) is 26.9 Å². The molecule has 0 aliphatic carbocycles. The lowest BCUT2D eigenvalue weighted by atomic mass is 9.95. The fourth-order valence-electron chi connectivity index (χ4n) is 12.2. The Kier molecular flexibility index (Phi) is 26.1. The van der Waals surface area contributed by atoms with Gasteiger partial charge in [-0.25, -0.2) is 43.2 Å². The smallest absolute Gasteiger partial charge is 0.338 e. The lowest BCUT2D eigenvalue weighted by Crippen LogP contribution is -2.68. The van der Waals surface area contributed by atoms with Crippen LogP contribution in [-0.2, 0) is 80.6 Å². The predicted molar refractivity (Wildman–Crippen MR) is 382 cm³/mol. The Hall–Kier alpha value is -12.6. The molecule has 12 rings (SSSR count). The van der Waals surface area contributed by atoms with Gasteiger partial charge < -0.3 is 75.8 Å². The van der Waals surface area contributed by atoms with Crippen molar-refractivity contribution in [1.82, 2.24) is 0 Å². The highest BCUT2D eigenvalue weighted by Crippen LogP contribution is 2.39. The lowest BCUT2D eigenvalue weighted by Gasteiger charge is -2.49. The largest absolute Gasteiger partial charge is 0.459 e. The van der Waals surface area contributed by atoms with E-state index < -0.39 is 172 Å². The first kappa shape index (κ1) is 77.1. The first-order chi connectivity index (χ1) is 53.6. The second kappa shape index (κ2) is 37.3. The third-order valence-electron chi connectivity index (χ3n) is 17.6. The van der Waals surface area contributed by atoms with E-state index in [1.165, 1.54) is 121 Å². The summed E-state index contributed by atoms with van der Waals surface area (Å²) in [5, 5.41) is 0. The van der Waals surface area contributed by atoms with Crippen LogP contribution in [0.5, 0.6) is 0 Å². The average molecular weight is 1500 g/mol. The van der Waals surface area contributed by atoms with Crippen molar-refractivity contribution < 1.29 is 124 Å². The molecule has 3 fully saturated rings. The summed E-state index contributed by atoms with van der Waals surface area (Å²) in [6.07, 6.45) is -29.1. The number of carbonyl (C=O) groups is 10. The van der Waals surface area contributed by atoms with Crippen molar-refractivity contribution >= 4 is 59.7 Å². The van der Waals surface area contributed by atoms with E-state index in [9.17, 15) is 43.2 Å². The highest BCUT2D eigenvalue weighted by molar-refractivity contribution is 5.94. The average Bonchev–Trinajstić information content (AvgIpc) is 0.767. The molecule has 0 amide bonds. The van der Waals surface area contributed by atoms with Crippen LogP contribution >= 0.6 is 0 Å². The van der Waals surface area contributed by atoms with Gasteiger partial charge in [0.2, 0.25) is 0 Å². The maximum Gasteiger partial charge on any atom is 0.338 e. The molecule has 564 valence electrons. The summed E-state index contributed by atoms with van der Waals surface area (Å²) in [5.41, 5.74) is -0.0448. The lowest BCUT2D eigenvalue weighted by molar-refractivity contribution is -0.361. The molecular formula is C84H72O26. The first-order valence-corrected chi connectivity index (χ1v) is 34.8. The molecule has 9 aromatic carbocycles. The van der Waals surface area contributed by atoms with E-state index in [1.807, 2.05) is 0 Å². The first-order valence-electron chi connectivity index (χ1n) is 34.8. The summed E-state index contributed by atoms with van der Waals surface area (Å²) in [6.45, 7) is -1.53. The Balaban J connectivity index is 0.992. The second-order valence-corrected chi connectivity index (χ2v) is 25.0. The number of ether oxygens (including phenoxy) is 16. The quantitative estimate of drug-likeness (QED) is 0.0341. The molecule has 0 unspecified atom stereocenters. The number of hydrogen-bond donors (Lipinski definition) is 0. The zero-order valence-electron chi connectivity index (χ0n) is 58.9. The fraction of sp³-hybridized carbons (Fsp3) is 0.238. The zero-order chi connectivity index (χ0) is 76.9. The van der Waals surface area contributed by atoms with Gasteiger partial charge in [0.1, 0.15) is 37.6 Å². The molecule has 3 heterocycles. The zero-order valence-corrected chi connectivity index (χ0v) is 58.9. The van der Waals surface area contributed by atoms with E-state index >= 15 is 4.79 Å². The molecular weight excluding hydrogens is 1420 g/mol. The Labute approximate surface area is 629 Å². The van der Waals surface area contributed by atoms with Gasteiger partial charge in [-0.3, -0.25) is 4.79 Å². The monoisotopic (exact) mass is 1500 g/mol. The fourth-order valence-corrected chi connectivity index (χ4v) is 12.2. The molecule has 0 radical (unpaired) electrons. The van der Waals surface area contributed by atoms with Crippen LogP contribution in [0.1, 0.15) is 100 Å². The Bertz CT molecular complexity index is 4590. The van der Waals surface area contributed by atoms with Gasteiger partial charge in [0.05, 0.1) is 56.7 Å². The molecule has 15 atom stereocenters. The van der Waals surface area contributed by atoms with E-state index in [0.29, 0.717) is 0 Å². The third-order valence-corrected chi connectivity index (χ3v) is 17.6. The van der Waals surface area contributed by atoms with Gasteiger partial charge in [-0.15, -0.1) is 0 Å². The third kappa shape index (κ3) is 19.6. The highest BCUT2D eigenvalue weighted by Gasteiger charge is 2.60. The van der Waals surface area contributed by atoms with Crippen LogP contribution in [0.15, 0.2) is 273 Å². The van der Waals surface area contributed by atoms with Gasteiger partial charge in [-0.2, -0.15) is 0 Å². The SMILES string of the molecule is CO[C@H]1O[C@H](CO[C@H]2O[C@H](COC(=O)c3ccccc3)[C@@H](OC(=O)c3ccccc3)[C@H](OC(=O)c3ccccc3)[C@@H]2OC(=O)c2ccccc2)[C@@H](OC(=O)c2ccccc2)[C@H](O[C@H]2O[C@H](COC(=O)c3ccccc3)[C@@H](OC(=O)c3ccccc3)[C@H](OC(=O)c3ccccc3)[C@@H]2OC(C)=O)[C@@H]1OC(=O)c1ccccc1. The standard InChI is InChI=1S/C84H72O26/c1-51(85)99-72-68(107-79(92)58-42-24-9-25-43-58)65(104-76(89)55-36-18-6-19-37-55)62(49-97-74(87)53-32-14-4-15-33-53)102-84(72)110-69-66(105-77(90)56-38-20-7-21-39-56)63(100-82(95-2)70(69)108-80(93)59-44-26-10-27-45-59)50-98-83-71(109-81(94)60-46-28-11-29-47-60)67(106-78(91)57-40-22-8-23-41-57)64(103-75(88)54-34-16-5-17-35-54)61(101-83)48-96-73(86)52-30-12-3-13-31-52/h3-47,61-72,82-84H,48-50H2,1-2H3/t61-,62-,63-,64-,65-,66-,67+,68+,69+,70+,71+,72+,82+,83+,84-/m1/s1. The minimum Gasteiger partial charge on any atom is -0.459 e. The minimum absolute atomic E-state index is 0.00774. The molecule has 0 spiro atoms. The van der Waals surface area contributed by atoms with Crippen LogP contribution in [-0.4, -0.2) is 179 Å². The van der Waals surface area contributed by atoms with Gasteiger partial charge in [0.15, 0.2) is 67.7 Å². The molecule has 3 aliphatic rings. The van der Waals surface area contributed by atoms with Crippen molar-refractivity contribution in [3.63, 3.8) is 0 Å². The number of benzene rings is 9. The molecule has 0 saturated carbocycles. The number of methoxy groups -OCH3 is 1. The van der Waals surface area contributed by atoms with E-state index in [0.717, 1.165) is 14.0 Å². The summed E-state index contributed by atoms with van der Waals surface area (Å²) in [7, 11) is 1.16. The highest BCUT2D eigenvalue weighted by atomic mass is 16.8. The molecule has 3 aliphatic heterocycles. The summed E-state index contributed by atoms with van der Waals surface area (Å²) in [6, 6.07) is 68.7. The molecule has 110 heavy (non-hydrogen) atoms. The van der Waals surface area contributed by atoms with Gasteiger partial charge in [-0.05, 0) is 109 Å². The van der Waals surface area contributed by atoms with E-state index in [-0.39, 0.29) is 50.1 Å². The summed E-state index contributed by atoms with van der Waals surface area (Å²) in [5.74, 6) is -10.1. The normalized spacial score (nSPS) is 23.4. The van der Waals surface area contributed by atoms with Gasteiger partial charge in [-0.1, -0.05) is 164 Å². The van der Waals surface area contributed by atoms with E-state index in [1.54, 1.807) is 152 Å². The van der Waals surface area contributed by atoms with Crippen LogP contribution in [0.3, 0.4) is 0 Å². The Morgan fingerprint density at radius 2 is 0.464 bits per heavy atom. The van der Waals surface area contributed by atoms with Crippen LogP contribution in [0.25, 0.3) is 0 Å². The van der Waals surface area contributed by atoms with Crippen molar-refractivity contribution in [3.8, 4) is 0 Å². The van der Waals surface area contributed by atoms with Crippen molar-refractivity contribution in [1.29, 1.82) is 0 Å². The summed E-state index contributed by atoms with van der Waals surface area (Å²) < 4.78 is 102. The van der Waals surface area contributed by atoms with Crippen molar-refractivity contribution in [2.24, 2.45) is 0 Å². The minimum atomic E-state index is -2.18. The van der Waals surface area contributed by atoms with Crippen LogP contribution < -0.4 is 0 Å². The molecule has 0 bridgehead atoms. The van der Waals surface area contributed by atoms with Gasteiger partial charge in [0, 0.05) is 14.0 Å². The van der Waals surface area contributed by atoms with Crippen LogP contribution in [0.4, 0.5) is 0 Å². The maximum atomic E-state index is 15.1. The van der Waals surface area contributed by atoms with Crippen LogP contribution in [0.2, 0.25) is 0 Å². The number of esters is 10. The number of hydrogen-bond acceptors (Lipinski definition) is 26. The second-order valence-electron chi connectivity index (χ2n) is 25.0. The van der Waals surface area contributed by atoms with E-state index in [4.69, 9.17) is 75.8 Å². The van der Waals surface area contributed by atoms with E-state index in [2.05, 4.69) is 0 Å². The molecule has 0 N–H and O–H groups in total. The molecule has 0 aromatic heterocycles. The molecule has 26 heteroatoms. The number of carbonyl (C=O) groups excluding carboxylic acids is 10. The molecule has 3 saturated heterocycles. The van der Waals surface area contributed by atoms with Gasteiger partial charge in [0.25, 0.3) is 0 Å². The summed E-state index contributed by atoms with van der Waals surface area (Å²) >= 11 is 0. The molecule has 26 nitrogen and oxygen atoms in total. The maximum absolute atomic E-state index is 15.1. The number of rotatable bonds is 27. The van der Waals surface area contributed by atoms with Gasteiger partial charge >= 0.3 is 59.7 Å². The predicted octanol–water partition coefficient (Wildman–Crippen LogP) is 10.4. The van der Waals surface area contributed by atoms with Crippen molar-refractivity contribution in [2.45, 2.75) is 99.0 Å². The Morgan fingerprint density at radius 3 is 0.745 bits per heavy atom. The molecule has 9 aromatic rings. The van der Waals surface area contributed by atoms with Crippen LogP contribution in [0, 0.1) is 0 Å². The summed E-state index contributed by atoms with van der Waals surface area (Å²) in [4.78, 5) is 145. The topological polar surface area (TPSA) is 318 Å². The van der Waals surface area contributed by atoms with Crippen molar-refractivity contribution in [3.05, 3.63) is 323 Å². The Morgan fingerprint density at radius 1 is 0.245 bits per heavy atom.